The minimum Gasteiger partial charge on any atom is -0.324 e. The van der Waals surface area contributed by atoms with E-state index in [0.717, 1.165) is 32.7 Å². The van der Waals surface area contributed by atoms with Crippen molar-refractivity contribution >= 4 is 46.6 Å². The SMILES string of the molecule is O=C(Nc1ccccc1)[C@@H](Cc1ccccc1)N1C(=O)[C@@H]2[C@H](C1=O)C1(Cl)c3ccccc3C2(Cl)c2ccccc21. The lowest BCUT2D eigenvalue weighted by molar-refractivity contribution is -0.146. The summed E-state index contributed by atoms with van der Waals surface area (Å²) >= 11 is 15.1. The van der Waals surface area contributed by atoms with Crippen molar-refractivity contribution in [3.8, 4) is 0 Å². The van der Waals surface area contributed by atoms with Gasteiger partial charge in [-0.25, -0.2) is 0 Å². The van der Waals surface area contributed by atoms with Crippen LogP contribution in [-0.2, 0) is 30.6 Å². The van der Waals surface area contributed by atoms with E-state index in [4.69, 9.17) is 23.2 Å². The van der Waals surface area contributed by atoms with Crippen LogP contribution in [0.2, 0.25) is 0 Å². The fourth-order valence-corrected chi connectivity index (χ4v) is 7.98. The maximum absolute atomic E-state index is 14.5. The lowest BCUT2D eigenvalue weighted by Gasteiger charge is -2.54. The zero-order valence-electron chi connectivity index (χ0n) is 21.3. The number of hydrogen-bond donors (Lipinski definition) is 1. The average Bonchev–Trinajstić information content (AvgIpc) is 3.26. The Morgan fingerprint density at radius 2 is 1.07 bits per heavy atom. The summed E-state index contributed by atoms with van der Waals surface area (Å²) in [5.41, 5.74) is 4.29. The number of hydrogen-bond acceptors (Lipinski definition) is 3. The van der Waals surface area contributed by atoms with Gasteiger partial charge in [-0.3, -0.25) is 19.3 Å². The molecule has 198 valence electrons. The molecule has 1 N–H and O–H groups in total. The van der Waals surface area contributed by atoms with Gasteiger partial charge in [0.1, 0.15) is 15.8 Å². The smallest absolute Gasteiger partial charge is 0.248 e. The van der Waals surface area contributed by atoms with Crippen molar-refractivity contribution in [1.29, 1.82) is 0 Å². The number of imide groups is 1. The normalized spacial score (nSPS) is 26.6. The standard InChI is InChI=1S/C33H24Cl2N2O3/c34-32-22-15-7-8-16-23(22)33(35,25-18-10-9-17-24(25)32)28-27(32)30(39)37(31(28)40)26(19-20-11-3-1-4-12-20)29(38)36-21-13-5-2-6-14-21/h1-18,26-28H,19H2,(H,36,38)/t26-,27-,28+,32?,33?/m1/s1. The molecule has 7 heteroatoms. The van der Waals surface area contributed by atoms with Gasteiger partial charge in [-0.2, -0.15) is 0 Å². The molecule has 1 aliphatic heterocycles. The molecule has 5 nitrogen and oxygen atoms in total. The van der Waals surface area contributed by atoms with Gasteiger partial charge in [0.25, 0.3) is 0 Å². The molecule has 0 saturated carbocycles. The van der Waals surface area contributed by atoms with Gasteiger partial charge in [-0.05, 0) is 39.9 Å². The fraction of sp³-hybridized carbons (Fsp3) is 0.182. The third kappa shape index (κ3) is 3.31. The second kappa shape index (κ2) is 9.05. The molecule has 1 saturated heterocycles. The van der Waals surface area contributed by atoms with Crippen molar-refractivity contribution in [2.75, 3.05) is 5.32 Å². The number of para-hydroxylation sites is 1. The van der Waals surface area contributed by atoms with Gasteiger partial charge in [0.2, 0.25) is 17.7 Å². The maximum Gasteiger partial charge on any atom is 0.248 e. The molecule has 4 aromatic carbocycles. The number of halogens is 2. The summed E-state index contributed by atoms with van der Waals surface area (Å²) in [5.74, 6) is -3.35. The van der Waals surface area contributed by atoms with Gasteiger partial charge in [-0.1, -0.05) is 97.1 Å². The van der Waals surface area contributed by atoms with Gasteiger partial charge >= 0.3 is 0 Å². The van der Waals surface area contributed by atoms with E-state index in [-0.39, 0.29) is 6.42 Å². The lowest BCUT2D eigenvalue weighted by atomic mass is 9.54. The van der Waals surface area contributed by atoms with Crippen molar-refractivity contribution in [3.63, 3.8) is 0 Å². The summed E-state index contributed by atoms with van der Waals surface area (Å²) < 4.78 is 0. The molecule has 8 rings (SSSR count). The molecule has 0 aromatic heterocycles. The number of anilines is 1. The number of benzene rings is 4. The number of likely N-dealkylation sites (tertiary alicyclic amines) is 1. The summed E-state index contributed by atoms with van der Waals surface area (Å²) in [6, 6.07) is 32.3. The second-order valence-electron chi connectivity index (χ2n) is 10.6. The van der Waals surface area contributed by atoms with E-state index in [1.54, 1.807) is 12.1 Å². The summed E-state index contributed by atoms with van der Waals surface area (Å²) in [5, 5.41) is 2.90. The number of carbonyl (C=O) groups excluding carboxylic acids is 3. The number of rotatable bonds is 5. The minimum atomic E-state index is -1.30. The monoisotopic (exact) mass is 566 g/mol. The van der Waals surface area contributed by atoms with Crippen molar-refractivity contribution in [2.45, 2.75) is 22.2 Å². The molecule has 1 heterocycles. The zero-order chi connectivity index (χ0) is 27.6. The van der Waals surface area contributed by atoms with Crippen LogP contribution in [0, 0.1) is 11.8 Å². The van der Waals surface area contributed by atoms with E-state index in [2.05, 4.69) is 5.32 Å². The predicted octanol–water partition coefficient (Wildman–Crippen LogP) is 5.83. The molecule has 3 aliphatic carbocycles. The van der Waals surface area contributed by atoms with Crippen LogP contribution in [0.5, 0.6) is 0 Å². The first kappa shape index (κ1) is 25.1. The second-order valence-corrected chi connectivity index (χ2v) is 11.8. The van der Waals surface area contributed by atoms with Crippen LogP contribution >= 0.6 is 23.2 Å². The van der Waals surface area contributed by atoms with Crippen LogP contribution in [0.3, 0.4) is 0 Å². The summed E-state index contributed by atoms with van der Waals surface area (Å²) in [6.45, 7) is 0. The highest BCUT2D eigenvalue weighted by Gasteiger charge is 2.73. The molecular formula is C33H24Cl2N2O3. The third-order valence-corrected chi connectivity index (χ3v) is 9.83. The van der Waals surface area contributed by atoms with Gasteiger partial charge in [0, 0.05) is 12.1 Å². The first-order valence-electron chi connectivity index (χ1n) is 13.2. The zero-order valence-corrected chi connectivity index (χ0v) is 22.8. The molecule has 2 bridgehead atoms. The van der Waals surface area contributed by atoms with Crippen LogP contribution in [0.1, 0.15) is 27.8 Å². The van der Waals surface area contributed by atoms with Gasteiger partial charge in [-0.15, -0.1) is 23.2 Å². The van der Waals surface area contributed by atoms with Crippen LogP contribution in [0.25, 0.3) is 0 Å². The molecule has 1 fully saturated rings. The molecule has 40 heavy (non-hydrogen) atoms. The Balaban J connectivity index is 1.37. The first-order valence-corrected chi connectivity index (χ1v) is 14.0. The van der Waals surface area contributed by atoms with E-state index in [1.165, 1.54) is 0 Å². The molecule has 0 radical (unpaired) electrons. The minimum absolute atomic E-state index is 0.154. The van der Waals surface area contributed by atoms with E-state index in [0.29, 0.717) is 5.69 Å². The quantitative estimate of drug-likeness (QED) is 0.244. The predicted molar refractivity (Wildman–Crippen MR) is 154 cm³/mol. The topological polar surface area (TPSA) is 66.5 Å². The molecule has 4 aliphatic rings. The van der Waals surface area contributed by atoms with Gasteiger partial charge < -0.3 is 5.32 Å². The van der Waals surface area contributed by atoms with Crippen LogP contribution < -0.4 is 5.32 Å². The number of nitrogens with zero attached hydrogens (tertiary/aromatic N) is 1. The highest BCUT2D eigenvalue weighted by Crippen LogP contribution is 2.69. The van der Waals surface area contributed by atoms with E-state index in [1.807, 2.05) is 97.1 Å². The Bertz CT molecular complexity index is 1550. The molecule has 0 unspecified atom stereocenters. The third-order valence-electron chi connectivity index (χ3n) is 8.55. The van der Waals surface area contributed by atoms with Crippen molar-refractivity contribution in [1.82, 2.24) is 4.90 Å². The van der Waals surface area contributed by atoms with Crippen molar-refractivity contribution in [2.24, 2.45) is 11.8 Å². The van der Waals surface area contributed by atoms with E-state index >= 15 is 0 Å². The summed E-state index contributed by atoms with van der Waals surface area (Å²) in [4.78, 5) is 41.3. The van der Waals surface area contributed by atoms with Crippen LogP contribution in [-0.4, -0.2) is 28.7 Å². The number of carbonyl (C=O) groups is 3. The van der Waals surface area contributed by atoms with Crippen LogP contribution in [0.15, 0.2) is 109 Å². The highest BCUT2D eigenvalue weighted by atomic mass is 35.5. The Labute approximate surface area is 241 Å². The summed E-state index contributed by atoms with van der Waals surface area (Å²) in [6.07, 6.45) is 0.154. The number of nitrogens with one attached hydrogen (secondary N) is 1. The number of alkyl halides is 2. The molecule has 3 amide bonds. The Morgan fingerprint density at radius 3 is 1.52 bits per heavy atom. The van der Waals surface area contributed by atoms with Crippen molar-refractivity contribution in [3.05, 3.63) is 137 Å². The number of amides is 3. The van der Waals surface area contributed by atoms with Crippen LogP contribution in [0.4, 0.5) is 5.69 Å². The first-order chi connectivity index (χ1) is 19.4. The van der Waals surface area contributed by atoms with Gasteiger partial charge in [0.15, 0.2) is 0 Å². The molecular weight excluding hydrogens is 543 g/mol. The fourth-order valence-electron chi connectivity index (χ4n) is 6.88. The molecule has 4 aromatic rings. The summed E-state index contributed by atoms with van der Waals surface area (Å²) in [7, 11) is 0. The van der Waals surface area contributed by atoms with E-state index < -0.39 is 45.3 Å². The Hall–Kier alpha value is -3.93. The largest absolute Gasteiger partial charge is 0.324 e. The maximum atomic E-state index is 14.5. The van der Waals surface area contributed by atoms with Crippen molar-refractivity contribution < 1.29 is 14.4 Å². The average molecular weight is 567 g/mol. The lowest BCUT2D eigenvalue weighted by Crippen LogP contribution is -2.57. The Morgan fingerprint density at radius 1 is 0.675 bits per heavy atom. The van der Waals surface area contributed by atoms with E-state index in [9.17, 15) is 14.4 Å². The Kier molecular flexibility index (Phi) is 5.67. The van der Waals surface area contributed by atoms with Gasteiger partial charge in [0.05, 0.1) is 11.8 Å². The highest BCUT2D eigenvalue weighted by molar-refractivity contribution is 6.36. The molecule has 3 atom stereocenters. The molecule has 0 spiro atoms.